The summed E-state index contributed by atoms with van der Waals surface area (Å²) in [6.07, 6.45) is 0.708. The second-order valence-corrected chi connectivity index (χ2v) is 4.09. The van der Waals surface area contributed by atoms with Crippen molar-refractivity contribution < 1.29 is 5.11 Å². The van der Waals surface area contributed by atoms with E-state index in [9.17, 15) is 0 Å². The molecule has 1 unspecified atom stereocenters. The molecular weight excluding hydrogens is 164 g/mol. The average Bonchev–Trinajstić information content (AvgIpc) is 2.30. The highest BCUT2D eigenvalue weighted by Gasteiger charge is 2.19. The normalized spacial score (nSPS) is 15.8. The SMILES string of the molecule is Cc1cc(CC(C)(N)CO)c(C)[nH]1. The third-order valence-electron chi connectivity index (χ3n) is 2.21. The van der Waals surface area contributed by atoms with Gasteiger partial charge in [-0.1, -0.05) is 0 Å². The quantitative estimate of drug-likeness (QED) is 0.650. The van der Waals surface area contributed by atoms with Crippen LogP contribution in [0.5, 0.6) is 0 Å². The van der Waals surface area contributed by atoms with Crippen molar-refractivity contribution in [1.29, 1.82) is 0 Å². The Morgan fingerprint density at radius 1 is 1.54 bits per heavy atom. The Balaban J connectivity index is 2.79. The number of aliphatic hydroxyl groups excluding tert-OH is 1. The minimum absolute atomic E-state index is 0.0106. The van der Waals surface area contributed by atoms with E-state index in [1.807, 2.05) is 20.8 Å². The van der Waals surface area contributed by atoms with Crippen molar-refractivity contribution in [2.45, 2.75) is 32.7 Å². The highest BCUT2D eigenvalue weighted by Crippen LogP contribution is 2.15. The Labute approximate surface area is 79.0 Å². The number of hydrogen-bond acceptors (Lipinski definition) is 2. The minimum Gasteiger partial charge on any atom is -0.394 e. The summed E-state index contributed by atoms with van der Waals surface area (Å²) in [6, 6.07) is 2.08. The van der Waals surface area contributed by atoms with Crippen LogP contribution in [0, 0.1) is 13.8 Å². The maximum atomic E-state index is 9.02. The van der Waals surface area contributed by atoms with Crippen molar-refractivity contribution in [3.63, 3.8) is 0 Å². The summed E-state index contributed by atoms with van der Waals surface area (Å²) in [5.74, 6) is 0. The fourth-order valence-electron chi connectivity index (χ4n) is 1.46. The second kappa shape index (κ2) is 3.52. The molecule has 0 spiro atoms. The van der Waals surface area contributed by atoms with Gasteiger partial charge in [-0.05, 0) is 38.8 Å². The van der Waals surface area contributed by atoms with Gasteiger partial charge in [-0.2, -0.15) is 0 Å². The van der Waals surface area contributed by atoms with Gasteiger partial charge in [-0.25, -0.2) is 0 Å². The molecule has 0 saturated carbocycles. The monoisotopic (exact) mass is 182 g/mol. The second-order valence-electron chi connectivity index (χ2n) is 4.09. The van der Waals surface area contributed by atoms with Crippen molar-refractivity contribution in [3.05, 3.63) is 23.0 Å². The lowest BCUT2D eigenvalue weighted by Crippen LogP contribution is -2.42. The summed E-state index contributed by atoms with van der Waals surface area (Å²) in [5.41, 5.74) is 8.82. The predicted octanol–water partition coefficient (Wildman–Crippen LogP) is 0.884. The maximum Gasteiger partial charge on any atom is 0.0611 e. The first-order valence-electron chi connectivity index (χ1n) is 4.49. The van der Waals surface area contributed by atoms with Crippen LogP contribution in [0.4, 0.5) is 0 Å². The summed E-state index contributed by atoms with van der Waals surface area (Å²) >= 11 is 0. The first kappa shape index (κ1) is 10.3. The summed E-state index contributed by atoms with van der Waals surface area (Å²) in [4.78, 5) is 3.22. The van der Waals surface area contributed by atoms with E-state index in [0.29, 0.717) is 6.42 Å². The van der Waals surface area contributed by atoms with E-state index in [-0.39, 0.29) is 6.61 Å². The lowest BCUT2D eigenvalue weighted by molar-refractivity contribution is 0.208. The Hall–Kier alpha value is -0.800. The molecular formula is C10H18N2O. The van der Waals surface area contributed by atoms with Gasteiger partial charge in [0.2, 0.25) is 0 Å². The Bertz CT molecular complexity index is 289. The fourth-order valence-corrected chi connectivity index (χ4v) is 1.46. The van der Waals surface area contributed by atoms with Crippen molar-refractivity contribution in [3.8, 4) is 0 Å². The highest BCUT2D eigenvalue weighted by molar-refractivity contribution is 5.26. The molecule has 1 aromatic heterocycles. The van der Waals surface area contributed by atoms with Crippen molar-refractivity contribution in [2.24, 2.45) is 5.73 Å². The molecule has 74 valence electrons. The molecule has 0 fully saturated rings. The lowest BCUT2D eigenvalue weighted by atomic mass is 9.95. The van der Waals surface area contributed by atoms with E-state index < -0.39 is 5.54 Å². The van der Waals surface area contributed by atoms with E-state index in [1.165, 1.54) is 5.56 Å². The zero-order chi connectivity index (χ0) is 10.1. The summed E-state index contributed by atoms with van der Waals surface area (Å²) in [7, 11) is 0. The summed E-state index contributed by atoms with van der Waals surface area (Å²) < 4.78 is 0. The van der Waals surface area contributed by atoms with Crippen LogP contribution in [0.25, 0.3) is 0 Å². The molecule has 0 amide bonds. The van der Waals surface area contributed by atoms with E-state index >= 15 is 0 Å². The van der Waals surface area contributed by atoms with E-state index in [1.54, 1.807) is 0 Å². The first-order chi connectivity index (χ1) is 5.94. The van der Waals surface area contributed by atoms with Gasteiger partial charge in [0.15, 0.2) is 0 Å². The average molecular weight is 182 g/mol. The van der Waals surface area contributed by atoms with Crippen LogP contribution in [-0.2, 0) is 6.42 Å². The molecule has 0 saturated heterocycles. The molecule has 0 aromatic carbocycles. The van der Waals surface area contributed by atoms with Crippen LogP contribution in [-0.4, -0.2) is 22.2 Å². The molecule has 3 nitrogen and oxygen atoms in total. The number of nitrogens with one attached hydrogen (secondary N) is 1. The molecule has 3 heteroatoms. The molecule has 0 radical (unpaired) electrons. The fraction of sp³-hybridized carbons (Fsp3) is 0.600. The zero-order valence-electron chi connectivity index (χ0n) is 8.52. The van der Waals surface area contributed by atoms with Crippen LogP contribution < -0.4 is 5.73 Å². The molecule has 1 atom stereocenters. The van der Waals surface area contributed by atoms with Crippen LogP contribution in [0.2, 0.25) is 0 Å². The van der Waals surface area contributed by atoms with Crippen molar-refractivity contribution in [1.82, 2.24) is 4.98 Å². The van der Waals surface area contributed by atoms with Crippen LogP contribution in [0.1, 0.15) is 23.9 Å². The van der Waals surface area contributed by atoms with Gasteiger partial charge in [-0.3, -0.25) is 0 Å². The zero-order valence-corrected chi connectivity index (χ0v) is 8.52. The van der Waals surface area contributed by atoms with Crippen LogP contribution >= 0.6 is 0 Å². The Morgan fingerprint density at radius 2 is 2.15 bits per heavy atom. The number of H-pyrrole nitrogens is 1. The molecule has 1 aromatic rings. The van der Waals surface area contributed by atoms with Gasteiger partial charge >= 0.3 is 0 Å². The third-order valence-corrected chi connectivity index (χ3v) is 2.21. The molecule has 1 rings (SSSR count). The molecule has 13 heavy (non-hydrogen) atoms. The largest absolute Gasteiger partial charge is 0.394 e. The molecule has 0 aliphatic heterocycles. The standard InChI is InChI=1S/C10H18N2O/c1-7-4-9(8(2)12-7)5-10(3,11)6-13/h4,12-13H,5-6,11H2,1-3H3. The van der Waals surface area contributed by atoms with Crippen LogP contribution in [0.15, 0.2) is 6.07 Å². The Morgan fingerprint density at radius 3 is 2.54 bits per heavy atom. The van der Waals surface area contributed by atoms with Crippen molar-refractivity contribution >= 4 is 0 Å². The van der Waals surface area contributed by atoms with E-state index in [4.69, 9.17) is 10.8 Å². The number of rotatable bonds is 3. The number of aliphatic hydroxyl groups is 1. The number of hydrogen-bond donors (Lipinski definition) is 3. The molecule has 0 bridgehead atoms. The van der Waals surface area contributed by atoms with Gasteiger partial charge in [0, 0.05) is 16.9 Å². The predicted molar refractivity (Wildman–Crippen MR) is 53.6 cm³/mol. The molecule has 4 N–H and O–H groups in total. The van der Waals surface area contributed by atoms with Gasteiger partial charge in [0.05, 0.1) is 6.61 Å². The van der Waals surface area contributed by atoms with Gasteiger partial charge in [-0.15, -0.1) is 0 Å². The van der Waals surface area contributed by atoms with Crippen LogP contribution in [0.3, 0.4) is 0 Å². The van der Waals surface area contributed by atoms with E-state index in [0.717, 1.165) is 11.4 Å². The topological polar surface area (TPSA) is 62.0 Å². The lowest BCUT2D eigenvalue weighted by Gasteiger charge is -2.21. The summed E-state index contributed by atoms with van der Waals surface area (Å²) in [5, 5.41) is 9.02. The maximum absolute atomic E-state index is 9.02. The molecule has 0 aliphatic carbocycles. The summed E-state index contributed by atoms with van der Waals surface area (Å²) in [6.45, 7) is 5.91. The molecule has 1 heterocycles. The number of nitrogens with two attached hydrogens (primary N) is 1. The third kappa shape index (κ3) is 2.57. The van der Waals surface area contributed by atoms with Gasteiger partial charge in [0.1, 0.15) is 0 Å². The highest BCUT2D eigenvalue weighted by atomic mass is 16.3. The first-order valence-corrected chi connectivity index (χ1v) is 4.49. The van der Waals surface area contributed by atoms with Crippen molar-refractivity contribution in [2.75, 3.05) is 6.61 Å². The van der Waals surface area contributed by atoms with E-state index in [2.05, 4.69) is 11.1 Å². The number of aromatic nitrogens is 1. The van der Waals surface area contributed by atoms with Gasteiger partial charge in [0.25, 0.3) is 0 Å². The minimum atomic E-state index is -0.514. The Kier molecular flexibility index (Phi) is 2.78. The molecule has 0 aliphatic rings. The smallest absolute Gasteiger partial charge is 0.0611 e. The number of aryl methyl sites for hydroxylation is 2. The number of aromatic amines is 1. The van der Waals surface area contributed by atoms with Gasteiger partial charge < -0.3 is 15.8 Å².